The third-order valence-corrected chi connectivity index (χ3v) is 6.98. The summed E-state index contributed by atoms with van der Waals surface area (Å²) < 4.78 is 0. The molecule has 0 bridgehead atoms. The van der Waals surface area contributed by atoms with E-state index in [1.165, 1.54) is 11.6 Å². The van der Waals surface area contributed by atoms with Crippen LogP contribution in [0.25, 0.3) is 11.3 Å². The van der Waals surface area contributed by atoms with E-state index in [0.717, 1.165) is 44.0 Å². The first kappa shape index (κ1) is 22.3. The van der Waals surface area contributed by atoms with E-state index in [9.17, 15) is 14.7 Å². The van der Waals surface area contributed by atoms with Crippen LogP contribution >= 0.6 is 11.3 Å². The summed E-state index contributed by atoms with van der Waals surface area (Å²) in [5, 5.41) is 19.7. The van der Waals surface area contributed by atoms with E-state index >= 15 is 0 Å². The van der Waals surface area contributed by atoms with Crippen molar-refractivity contribution in [2.45, 2.75) is 6.54 Å². The Hall–Kier alpha value is -3.46. The molecule has 3 N–H and O–H groups in total. The average molecular weight is 475 g/mol. The van der Waals surface area contributed by atoms with Gasteiger partial charge in [0.25, 0.3) is 5.91 Å². The minimum atomic E-state index is -1.03. The Morgan fingerprint density at radius 3 is 2.50 bits per heavy atom. The lowest BCUT2D eigenvalue weighted by Gasteiger charge is -2.32. The monoisotopic (exact) mass is 474 g/mol. The molecule has 1 aromatic heterocycles. The van der Waals surface area contributed by atoms with Crippen molar-refractivity contribution in [1.82, 2.24) is 9.80 Å². The van der Waals surface area contributed by atoms with Crippen LogP contribution in [0.5, 0.6) is 0 Å². The molecule has 34 heavy (non-hydrogen) atoms. The molecule has 2 aliphatic heterocycles. The van der Waals surface area contributed by atoms with Gasteiger partial charge in [-0.3, -0.25) is 9.69 Å². The van der Waals surface area contributed by atoms with Gasteiger partial charge in [0.1, 0.15) is 0 Å². The normalized spacial score (nSPS) is 17.9. The highest BCUT2D eigenvalue weighted by molar-refractivity contribution is 7.08. The highest BCUT2D eigenvalue weighted by Gasteiger charge is 2.29. The molecule has 2 aliphatic rings. The van der Waals surface area contributed by atoms with E-state index in [-0.39, 0.29) is 11.5 Å². The molecule has 3 heterocycles. The molecule has 0 radical (unpaired) electrons. The topological polar surface area (TPSA) is 84.9 Å². The number of nitrogens with one attached hydrogen (secondary N) is 2. The van der Waals surface area contributed by atoms with Crippen LogP contribution in [0.2, 0.25) is 0 Å². The van der Waals surface area contributed by atoms with Crippen LogP contribution in [0.15, 0.2) is 59.3 Å². The Kier molecular flexibility index (Phi) is 6.19. The molecule has 0 spiro atoms. The Balaban J connectivity index is 1.45. The first-order valence-corrected chi connectivity index (χ1v) is 12.1. The van der Waals surface area contributed by atoms with Gasteiger partial charge in [-0.1, -0.05) is 12.1 Å². The van der Waals surface area contributed by atoms with Crippen molar-refractivity contribution < 1.29 is 14.7 Å². The number of amides is 1. The lowest BCUT2D eigenvalue weighted by molar-refractivity contribution is -0.110. The number of fused-ring (bicyclic) bond motifs is 1. The number of thiophene rings is 1. The van der Waals surface area contributed by atoms with Crippen molar-refractivity contribution in [3.8, 4) is 0 Å². The lowest BCUT2D eigenvalue weighted by atomic mass is 9.99. The van der Waals surface area contributed by atoms with E-state index in [0.29, 0.717) is 22.5 Å². The summed E-state index contributed by atoms with van der Waals surface area (Å²) in [6.45, 7) is 5.23. The largest absolute Gasteiger partial charge is 0.478 e. The number of hydrogen-bond acceptors (Lipinski definition) is 6. The van der Waals surface area contributed by atoms with Crippen molar-refractivity contribution in [2.24, 2.45) is 0 Å². The summed E-state index contributed by atoms with van der Waals surface area (Å²) in [7, 11) is 2.16. The van der Waals surface area contributed by atoms with Crippen LogP contribution in [0.1, 0.15) is 27.0 Å². The number of benzene rings is 2. The summed E-state index contributed by atoms with van der Waals surface area (Å²) in [6.07, 6.45) is 0. The first-order valence-electron chi connectivity index (χ1n) is 11.2. The Morgan fingerprint density at radius 1 is 1.06 bits per heavy atom. The van der Waals surface area contributed by atoms with Gasteiger partial charge in [0.05, 0.1) is 16.8 Å². The maximum atomic E-state index is 13.0. The molecular formula is C26H26N4O3S. The van der Waals surface area contributed by atoms with Crippen LogP contribution in [0.4, 0.5) is 11.4 Å². The second-order valence-corrected chi connectivity index (χ2v) is 9.46. The molecule has 3 aromatic rings. The number of carboxylic acids is 1. The number of piperazine rings is 1. The van der Waals surface area contributed by atoms with Gasteiger partial charge in [-0.15, -0.1) is 0 Å². The van der Waals surface area contributed by atoms with E-state index in [1.807, 2.05) is 29.0 Å². The van der Waals surface area contributed by atoms with Crippen LogP contribution in [0.3, 0.4) is 0 Å². The highest BCUT2D eigenvalue weighted by Crippen LogP contribution is 2.38. The molecule has 0 unspecified atom stereocenters. The van der Waals surface area contributed by atoms with E-state index in [4.69, 9.17) is 0 Å². The fourth-order valence-corrected chi connectivity index (χ4v) is 4.98. The molecule has 1 saturated heterocycles. The zero-order valence-corrected chi connectivity index (χ0v) is 19.7. The van der Waals surface area contributed by atoms with E-state index in [2.05, 4.69) is 39.6 Å². The molecule has 7 nitrogen and oxygen atoms in total. The quantitative estimate of drug-likeness (QED) is 0.466. The third-order valence-electron chi connectivity index (χ3n) is 6.30. The summed E-state index contributed by atoms with van der Waals surface area (Å²) in [6, 6.07) is 14.9. The second kappa shape index (κ2) is 9.42. The number of rotatable bonds is 6. The Morgan fingerprint density at radius 2 is 1.82 bits per heavy atom. The van der Waals surface area contributed by atoms with Crippen LogP contribution in [0, 0.1) is 0 Å². The van der Waals surface area contributed by atoms with Gasteiger partial charge in [-0.25, -0.2) is 4.79 Å². The predicted molar refractivity (Wildman–Crippen MR) is 136 cm³/mol. The lowest BCUT2D eigenvalue weighted by Crippen LogP contribution is -2.43. The molecule has 1 fully saturated rings. The fourth-order valence-electron chi connectivity index (χ4n) is 4.34. The molecular weight excluding hydrogens is 448 g/mol. The fraction of sp³-hybridized carbons (Fsp3) is 0.231. The van der Waals surface area contributed by atoms with Gasteiger partial charge in [0.15, 0.2) is 0 Å². The number of likely N-dealkylation sites (N-methyl/N-ethyl adjacent to an activating group) is 1. The maximum absolute atomic E-state index is 13.0. The minimum Gasteiger partial charge on any atom is -0.478 e. The van der Waals surface area contributed by atoms with Gasteiger partial charge < -0.3 is 20.6 Å². The van der Waals surface area contributed by atoms with Gasteiger partial charge in [0, 0.05) is 60.6 Å². The number of carbonyl (C=O) groups excluding carboxylic acids is 1. The van der Waals surface area contributed by atoms with E-state index < -0.39 is 5.97 Å². The van der Waals surface area contributed by atoms with Crippen molar-refractivity contribution in [3.05, 3.63) is 81.5 Å². The van der Waals surface area contributed by atoms with Gasteiger partial charge >= 0.3 is 5.97 Å². The summed E-state index contributed by atoms with van der Waals surface area (Å²) in [5.41, 5.74) is 5.44. The zero-order chi connectivity index (χ0) is 23.7. The smallest absolute Gasteiger partial charge is 0.335 e. The van der Waals surface area contributed by atoms with Crippen LogP contribution in [-0.2, 0) is 11.3 Å². The molecule has 8 heteroatoms. The Bertz CT molecular complexity index is 1240. The predicted octanol–water partition coefficient (Wildman–Crippen LogP) is 4.13. The average Bonchev–Trinajstić information content (AvgIpc) is 3.47. The second-order valence-electron chi connectivity index (χ2n) is 8.68. The number of aromatic carboxylic acids is 1. The standard InChI is InChI=1S/C26H26N4O3S/c1-29-9-11-30(12-10-29)15-17-2-5-20(6-3-17)27-24(19-8-13-34-16-19)23-21-14-18(26(32)33)4-7-22(21)28-25(23)31/h2-8,13-14,16,27H,9-12,15H2,1H3,(H,28,31)(H,32,33)/b24-23-. The summed E-state index contributed by atoms with van der Waals surface area (Å²) in [4.78, 5) is 29.3. The van der Waals surface area contributed by atoms with Gasteiger partial charge in [-0.2, -0.15) is 11.3 Å². The maximum Gasteiger partial charge on any atom is 0.335 e. The highest BCUT2D eigenvalue weighted by atomic mass is 32.1. The molecule has 0 aliphatic carbocycles. The number of nitrogens with zero attached hydrogens (tertiary/aromatic N) is 2. The number of anilines is 2. The SMILES string of the molecule is CN1CCN(Cc2ccc(N/C(=C3\C(=O)Nc4ccc(C(=O)O)cc43)c3ccsc3)cc2)CC1. The molecule has 2 aromatic carbocycles. The van der Waals surface area contributed by atoms with Crippen molar-refractivity contribution in [2.75, 3.05) is 43.9 Å². The number of hydrogen-bond donors (Lipinski definition) is 3. The number of carbonyl (C=O) groups is 2. The minimum absolute atomic E-state index is 0.144. The summed E-state index contributed by atoms with van der Waals surface area (Å²) >= 11 is 1.54. The Labute approximate surface area is 202 Å². The molecule has 174 valence electrons. The number of carboxylic acid groups (broad SMARTS) is 1. The van der Waals surface area contributed by atoms with E-state index in [1.54, 1.807) is 23.5 Å². The van der Waals surface area contributed by atoms with Crippen LogP contribution in [-0.4, -0.2) is 60.0 Å². The van der Waals surface area contributed by atoms with Crippen LogP contribution < -0.4 is 10.6 Å². The molecule has 1 amide bonds. The van der Waals surface area contributed by atoms with Gasteiger partial charge in [-0.05, 0) is 54.4 Å². The van der Waals surface area contributed by atoms with Gasteiger partial charge in [0.2, 0.25) is 0 Å². The zero-order valence-electron chi connectivity index (χ0n) is 18.9. The van der Waals surface area contributed by atoms with Crippen molar-refractivity contribution in [3.63, 3.8) is 0 Å². The molecule has 5 rings (SSSR count). The summed E-state index contributed by atoms with van der Waals surface area (Å²) in [5.74, 6) is -1.28. The van der Waals surface area contributed by atoms with Crippen molar-refractivity contribution in [1.29, 1.82) is 0 Å². The van der Waals surface area contributed by atoms with Crippen molar-refractivity contribution >= 4 is 45.9 Å². The third kappa shape index (κ3) is 4.61. The molecule has 0 saturated carbocycles. The molecule has 0 atom stereocenters. The first-order chi connectivity index (χ1) is 16.5.